The fraction of sp³-hybridized carbons (Fsp3) is 0.0556. The van der Waals surface area contributed by atoms with E-state index in [0.29, 0.717) is 10.7 Å². The van der Waals surface area contributed by atoms with Gasteiger partial charge in [0.15, 0.2) is 6.61 Å². The van der Waals surface area contributed by atoms with Crippen LogP contribution in [0.2, 0.25) is 20.1 Å². The minimum atomic E-state index is -0.723. The average molecular weight is 518 g/mol. The second-order valence-corrected chi connectivity index (χ2v) is 7.57. The van der Waals surface area contributed by atoms with Crippen molar-refractivity contribution < 1.29 is 14.5 Å². The number of hydrogen-bond donors (Lipinski definition) is 3. The molecule has 0 unspecified atom stereocenters. The number of hydrogen-bond acceptors (Lipinski definition) is 8. The van der Waals surface area contributed by atoms with Crippen molar-refractivity contribution in [1.29, 1.82) is 0 Å². The van der Waals surface area contributed by atoms with E-state index in [4.69, 9.17) is 51.1 Å². The fourth-order valence-corrected chi connectivity index (χ4v) is 3.17. The normalized spacial score (nSPS) is 10.4. The van der Waals surface area contributed by atoms with Crippen LogP contribution in [-0.2, 0) is 4.79 Å². The number of nitrogens with zero attached hydrogens (tertiary/aromatic N) is 3. The smallest absolute Gasteiger partial charge is 0.355 e. The van der Waals surface area contributed by atoms with Crippen molar-refractivity contribution in [2.45, 2.75) is 0 Å². The Kier molecular flexibility index (Phi) is 7.75. The topological polar surface area (TPSA) is 131 Å². The van der Waals surface area contributed by atoms with Gasteiger partial charge in [0.05, 0.1) is 25.7 Å². The molecule has 2 aromatic carbocycles. The summed E-state index contributed by atoms with van der Waals surface area (Å²) in [4.78, 5) is 30.7. The van der Waals surface area contributed by atoms with Gasteiger partial charge in [-0.3, -0.25) is 25.8 Å². The van der Waals surface area contributed by atoms with Crippen LogP contribution in [0.4, 0.5) is 23.0 Å². The zero-order valence-electron chi connectivity index (χ0n) is 15.7. The molecule has 32 heavy (non-hydrogen) atoms. The molecule has 3 N–H and O–H groups in total. The van der Waals surface area contributed by atoms with Crippen LogP contribution in [0.5, 0.6) is 5.75 Å². The van der Waals surface area contributed by atoms with Gasteiger partial charge in [0.25, 0.3) is 5.91 Å². The van der Waals surface area contributed by atoms with Crippen molar-refractivity contribution in [2.24, 2.45) is 0 Å². The minimum absolute atomic E-state index is 0.155. The number of halogens is 4. The minimum Gasteiger partial charge on any atom is -0.482 e. The highest BCUT2D eigenvalue weighted by atomic mass is 35.5. The van der Waals surface area contributed by atoms with Crippen LogP contribution in [0, 0.1) is 10.1 Å². The van der Waals surface area contributed by atoms with Crippen molar-refractivity contribution in [2.75, 3.05) is 17.3 Å². The molecule has 1 aromatic heterocycles. The monoisotopic (exact) mass is 516 g/mol. The number of carbonyl (C=O) groups excluding carboxylic acids is 1. The van der Waals surface area contributed by atoms with E-state index >= 15 is 0 Å². The first-order valence-corrected chi connectivity index (χ1v) is 10.1. The third-order valence-corrected chi connectivity index (χ3v) is 5.13. The van der Waals surface area contributed by atoms with Gasteiger partial charge in [-0.25, -0.2) is 9.97 Å². The Labute approximate surface area is 200 Å². The Morgan fingerprint density at radius 1 is 1.06 bits per heavy atom. The van der Waals surface area contributed by atoms with E-state index in [-0.39, 0.29) is 32.5 Å². The number of amides is 1. The van der Waals surface area contributed by atoms with E-state index in [1.807, 2.05) is 0 Å². The number of hydrazine groups is 1. The maximum Gasteiger partial charge on any atom is 0.355 e. The Balaban J connectivity index is 1.71. The molecule has 3 rings (SSSR count). The number of nitro groups is 1. The largest absolute Gasteiger partial charge is 0.482 e. The highest BCUT2D eigenvalue weighted by Crippen LogP contribution is 2.35. The number of ether oxygens (including phenoxy) is 1. The molecule has 0 aliphatic rings. The Morgan fingerprint density at radius 2 is 1.81 bits per heavy atom. The van der Waals surface area contributed by atoms with Gasteiger partial charge in [-0.1, -0.05) is 52.5 Å². The van der Waals surface area contributed by atoms with Gasteiger partial charge < -0.3 is 10.1 Å². The molecule has 3 aromatic rings. The standard InChI is InChI=1S/C18H12Cl4N6O4/c19-9-4-5-13(11(21)6-9)32-7-14(29)26-27-18-16(28(30)31)17(23-8-24-18)25-12-3-1-2-10(20)15(12)22/h1-6,8H,7H2,(H,26,29)(H2,23,24,25,27). The van der Waals surface area contributed by atoms with Crippen LogP contribution >= 0.6 is 46.4 Å². The Bertz CT molecular complexity index is 1180. The van der Waals surface area contributed by atoms with Crippen LogP contribution in [0.1, 0.15) is 0 Å². The van der Waals surface area contributed by atoms with E-state index < -0.39 is 23.1 Å². The summed E-state index contributed by atoms with van der Waals surface area (Å²) in [5.74, 6) is -0.862. The molecule has 0 saturated carbocycles. The fourth-order valence-electron chi connectivity index (χ4n) is 2.36. The van der Waals surface area contributed by atoms with Crippen LogP contribution in [0.3, 0.4) is 0 Å². The number of benzene rings is 2. The molecule has 0 atom stereocenters. The summed E-state index contributed by atoms with van der Waals surface area (Å²) in [6, 6.07) is 9.23. The highest BCUT2D eigenvalue weighted by Gasteiger charge is 2.24. The predicted octanol–water partition coefficient (Wildman–Crippen LogP) is 5.26. The molecule has 0 fully saturated rings. The molecule has 0 aliphatic heterocycles. The highest BCUT2D eigenvalue weighted by molar-refractivity contribution is 6.43. The lowest BCUT2D eigenvalue weighted by molar-refractivity contribution is -0.383. The quantitative estimate of drug-likeness (QED) is 0.272. The molecule has 0 bridgehead atoms. The molecule has 166 valence electrons. The lowest BCUT2D eigenvalue weighted by Crippen LogP contribution is -2.34. The van der Waals surface area contributed by atoms with Crippen molar-refractivity contribution in [3.05, 3.63) is 72.9 Å². The molecular formula is C18H12Cl4N6O4. The zero-order chi connectivity index (χ0) is 23.3. The van der Waals surface area contributed by atoms with E-state index in [9.17, 15) is 14.9 Å². The van der Waals surface area contributed by atoms with Crippen molar-refractivity contribution in [3.63, 3.8) is 0 Å². The van der Waals surface area contributed by atoms with Gasteiger partial charge in [-0.15, -0.1) is 0 Å². The second kappa shape index (κ2) is 10.5. The van der Waals surface area contributed by atoms with Crippen molar-refractivity contribution >= 4 is 75.3 Å². The summed E-state index contributed by atoms with van der Waals surface area (Å²) in [7, 11) is 0. The molecule has 14 heteroatoms. The third kappa shape index (κ3) is 5.80. The van der Waals surface area contributed by atoms with E-state index in [2.05, 4.69) is 26.1 Å². The van der Waals surface area contributed by atoms with Crippen molar-refractivity contribution in [1.82, 2.24) is 15.4 Å². The molecule has 0 radical (unpaired) electrons. The molecule has 1 amide bonds. The van der Waals surface area contributed by atoms with Gasteiger partial charge in [-0.05, 0) is 30.3 Å². The van der Waals surface area contributed by atoms with Gasteiger partial charge in [-0.2, -0.15) is 0 Å². The summed E-state index contributed by atoms with van der Waals surface area (Å²) in [5, 5.41) is 15.4. The van der Waals surface area contributed by atoms with Crippen molar-refractivity contribution in [3.8, 4) is 5.75 Å². The summed E-state index contributed by atoms with van der Waals surface area (Å²) >= 11 is 23.9. The number of nitrogens with one attached hydrogen (secondary N) is 3. The summed E-state index contributed by atoms with van der Waals surface area (Å²) < 4.78 is 5.30. The lowest BCUT2D eigenvalue weighted by Gasteiger charge is -2.12. The van der Waals surface area contributed by atoms with E-state index in [1.165, 1.54) is 12.1 Å². The van der Waals surface area contributed by atoms with Gasteiger partial charge in [0, 0.05) is 5.02 Å². The number of carbonyl (C=O) groups is 1. The van der Waals surface area contributed by atoms with Crippen LogP contribution < -0.4 is 20.9 Å². The van der Waals surface area contributed by atoms with Gasteiger partial charge in [0.2, 0.25) is 11.6 Å². The second-order valence-electron chi connectivity index (χ2n) is 5.94. The number of rotatable bonds is 8. The predicted molar refractivity (Wildman–Crippen MR) is 122 cm³/mol. The van der Waals surface area contributed by atoms with Crippen LogP contribution in [0.15, 0.2) is 42.7 Å². The molecular weight excluding hydrogens is 506 g/mol. The zero-order valence-corrected chi connectivity index (χ0v) is 18.8. The summed E-state index contributed by atoms with van der Waals surface area (Å²) in [6.45, 7) is -0.434. The maximum atomic E-state index is 12.1. The number of anilines is 3. The van der Waals surface area contributed by atoms with Gasteiger partial charge >= 0.3 is 5.69 Å². The molecule has 0 aliphatic carbocycles. The van der Waals surface area contributed by atoms with Crippen LogP contribution in [0.25, 0.3) is 0 Å². The van der Waals surface area contributed by atoms with E-state index in [1.54, 1.807) is 24.3 Å². The molecule has 0 spiro atoms. The van der Waals surface area contributed by atoms with E-state index in [0.717, 1.165) is 6.33 Å². The Hall–Kier alpha value is -3.05. The SMILES string of the molecule is O=C(COc1ccc(Cl)cc1Cl)NNc1ncnc(Nc2cccc(Cl)c2Cl)c1[N+](=O)[O-]. The maximum absolute atomic E-state index is 12.1. The summed E-state index contributed by atoms with van der Waals surface area (Å²) in [6.07, 6.45) is 1.06. The first-order valence-electron chi connectivity index (χ1n) is 8.59. The first kappa shape index (κ1) is 23.6. The average Bonchev–Trinajstić information content (AvgIpc) is 2.74. The van der Waals surface area contributed by atoms with Gasteiger partial charge in [0.1, 0.15) is 12.1 Å². The Morgan fingerprint density at radius 3 is 2.53 bits per heavy atom. The molecule has 1 heterocycles. The lowest BCUT2D eigenvalue weighted by atomic mass is 10.3. The van der Waals surface area contributed by atoms with Crippen LogP contribution in [-0.4, -0.2) is 27.4 Å². The molecule has 0 saturated heterocycles. The summed E-state index contributed by atoms with van der Waals surface area (Å²) in [5.41, 5.74) is 4.39. The molecule has 10 nitrogen and oxygen atoms in total. The number of aromatic nitrogens is 2. The third-order valence-electron chi connectivity index (χ3n) is 3.78. The first-order chi connectivity index (χ1) is 15.3.